The van der Waals surface area contributed by atoms with Crippen LogP contribution in [0.1, 0.15) is 0 Å². The third-order valence-electron chi connectivity index (χ3n) is 0.415. The highest BCUT2D eigenvalue weighted by molar-refractivity contribution is 4.98. The van der Waals surface area contributed by atoms with Crippen molar-refractivity contribution in [3.05, 3.63) is 24.8 Å². The first-order chi connectivity index (χ1) is 5.27. The molecule has 12 heavy (non-hydrogen) atoms. The number of halogens is 7. The smallest absolute Gasteiger partial charge is 0.216 e. The minimum Gasteiger partial charge on any atom is -0.216 e. The topological polar surface area (TPSA) is 0 Å². The van der Waals surface area contributed by atoms with E-state index < -0.39 is 18.1 Å². The third kappa shape index (κ3) is 7.10. The van der Waals surface area contributed by atoms with E-state index in [0.717, 1.165) is 0 Å². The van der Waals surface area contributed by atoms with Crippen LogP contribution in [0.2, 0.25) is 0 Å². The van der Waals surface area contributed by atoms with Gasteiger partial charge >= 0.3 is 12.3 Å². The molecule has 0 radical (unpaired) electrons. The second-order valence-corrected chi connectivity index (χ2v) is 1.23. The standard InChI is InChI=1S/C3F6.C2H3F/c4-1(2(5)6)3(7,8)9;1-2-3/h;2H,1H2. The predicted molar refractivity (Wildman–Crippen MR) is 27.7 cm³/mol. The van der Waals surface area contributed by atoms with Gasteiger partial charge in [0.1, 0.15) is 0 Å². The van der Waals surface area contributed by atoms with Gasteiger partial charge < -0.3 is 0 Å². The van der Waals surface area contributed by atoms with Gasteiger partial charge in [0.2, 0.25) is 0 Å². The Kier molecular flexibility index (Phi) is 6.35. The monoisotopic (exact) mass is 196 g/mol. The van der Waals surface area contributed by atoms with Crippen molar-refractivity contribution in [2.24, 2.45) is 0 Å². The van der Waals surface area contributed by atoms with Crippen LogP contribution in [0.3, 0.4) is 0 Å². The molecular weight excluding hydrogens is 193 g/mol. The van der Waals surface area contributed by atoms with Gasteiger partial charge in [0.15, 0.2) is 0 Å². The Morgan fingerprint density at radius 1 is 1.08 bits per heavy atom. The maximum Gasteiger partial charge on any atom is 0.448 e. The molecule has 72 valence electrons. The Bertz CT molecular complexity index is 161. The Morgan fingerprint density at radius 3 is 1.33 bits per heavy atom. The van der Waals surface area contributed by atoms with Crippen LogP contribution in [0, 0.1) is 0 Å². The van der Waals surface area contributed by atoms with Crippen LogP contribution in [-0.2, 0) is 0 Å². The van der Waals surface area contributed by atoms with E-state index in [4.69, 9.17) is 0 Å². The molecule has 0 aromatic heterocycles. The normalized spacial score (nSPS) is 9.58. The zero-order valence-electron chi connectivity index (χ0n) is 5.43. The van der Waals surface area contributed by atoms with Gasteiger partial charge in [-0.05, 0) is 0 Å². The van der Waals surface area contributed by atoms with Crippen molar-refractivity contribution >= 4 is 0 Å². The highest BCUT2D eigenvalue weighted by atomic mass is 19.4. The zero-order valence-corrected chi connectivity index (χ0v) is 5.43. The number of hydrogen-bond donors (Lipinski definition) is 0. The van der Waals surface area contributed by atoms with E-state index in [1.165, 1.54) is 0 Å². The molecule has 0 amide bonds. The third-order valence-corrected chi connectivity index (χ3v) is 0.415. The molecule has 0 rings (SSSR count). The molecule has 0 aromatic rings. The first-order valence-electron chi connectivity index (χ1n) is 2.26. The second kappa shape index (κ2) is 5.62. The van der Waals surface area contributed by atoms with E-state index >= 15 is 0 Å². The molecule has 0 unspecified atom stereocenters. The molecule has 0 aromatic carbocycles. The number of alkyl halides is 3. The van der Waals surface area contributed by atoms with Crippen LogP contribution >= 0.6 is 0 Å². The van der Waals surface area contributed by atoms with E-state index in [9.17, 15) is 30.7 Å². The van der Waals surface area contributed by atoms with Gasteiger partial charge in [0, 0.05) is 0 Å². The van der Waals surface area contributed by atoms with E-state index in [-0.39, 0.29) is 6.33 Å². The summed E-state index contributed by atoms with van der Waals surface area (Å²) >= 11 is 0. The molecular formula is C5H3F7. The maximum absolute atomic E-state index is 11.0. The summed E-state index contributed by atoms with van der Waals surface area (Å²) in [5, 5.41) is 0. The van der Waals surface area contributed by atoms with Crippen LogP contribution in [-0.4, -0.2) is 6.18 Å². The highest BCUT2D eigenvalue weighted by Gasteiger charge is 2.38. The lowest BCUT2D eigenvalue weighted by atomic mass is 10.6. The highest BCUT2D eigenvalue weighted by Crippen LogP contribution is 2.29. The lowest BCUT2D eigenvalue weighted by Gasteiger charge is -1.98. The first kappa shape index (κ1) is 13.6. The molecule has 0 heterocycles. The van der Waals surface area contributed by atoms with Gasteiger partial charge in [-0.1, -0.05) is 6.58 Å². The fourth-order valence-electron chi connectivity index (χ4n) is 0.107. The Hall–Kier alpha value is -1.01. The summed E-state index contributed by atoms with van der Waals surface area (Å²) in [6.45, 7) is 2.69. The largest absolute Gasteiger partial charge is 0.448 e. The average molecular weight is 196 g/mol. The summed E-state index contributed by atoms with van der Waals surface area (Å²) < 4.78 is 74.9. The maximum atomic E-state index is 11.0. The zero-order chi connectivity index (χ0) is 10.4. The SMILES string of the molecule is C=CF.FC(F)=C(F)C(F)(F)F. The van der Waals surface area contributed by atoms with Crippen LogP contribution in [0.15, 0.2) is 24.8 Å². The van der Waals surface area contributed by atoms with Gasteiger partial charge in [0.05, 0.1) is 6.33 Å². The molecule has 0 nitrogen and oxygen atoms in total. The summed E-state index contributed by atoms with van der Waals surface area (Å²) in [5.41, 5.74) is 0. The predicted octanol–water partition coefficient (Wildman–Crippen LogP) is 3.73. The summed E-state index contributed by atoms with van der Waals surface area (Å²) in [4.78, 5) is 0. The summed E-state index contributed by atoms with van der Waals surface area (Å²) in [6.07, 6.45) is -8.65. The van der Waals surface area contributed by atoms with E-state index in [2.05, 4.69) is 6.58 Å². The van der Waals surface area contributed by atoms with Crippen molar-refractivity contribution in [1.29, 1.82) is 0 Å². The van der Waals surface area contributed by atoms with Gasteiger partial charge in [-0.25, -0.2) is 4.39 Å². The fraction of sp³-hybridized carbons (Fsp3) is 0.200. The van der Waals surface area contributed by atoms with Crippen molar-refractivity contribution in [3.63, 3.8) is 0 Å². The lowest BCUT2D eigenvalue weighted by Crippen LogP contribution is -2.08. The van der Waals surface area contributed by atoms with Crippen molar-refractivity contribution in [2.45, 2.75) is 6.18 Å². The van der Waals surface area contributed by atoms with Crippen molar-refractivity contribution in [2.75, 3.05) is 0 Å². The number of hydrogen-bond acceptors (Lipinski definition) is 0. The summed E-state index contributed by atoms with van der Waals surface area (Å²) in [6, 6.07) is 0. The Morgan fingerprint density at radius 2 is 1.33 bits per heavy atom. The number of allylic oxidation sites excluding steroid dienone is 1. The molecule has 0 aliphatic heterocycles. The van der Waals surface area contributed by atoms with Crippen molar-refractivity contribution < 1.29 is 30.7 Å². The van der Waals surface area contributed by atoms with Crippen LogP contribution < -0.4 is 0 Å². The lowest BCUT2D eigenvalue weighted by molar-refractivity contribution is -0.113. The Balaban J connectivity index is 0. The van der Waals surface area contributed by atoms with Crippen molar-refractivity contribution in [1.82, 2.24) is 0 Å². The molecule has 0 saturated carbocycles. The van der Waals surface area contributed by atoms with E-state index in [1.807, 2.05) is 0 Å². The average Bonchev–Trinajstić information content (AvgIpc) is 1.85. The minimum absolute atomic E-state index is 0.250. The quantitative estimate of drug-likeness (QED) is 0.518. The number of rotatable bonds is 0. The molecule has 0 aliphatic carbocycles. The molecule has 7 heteroatoms. The van der Waals surface area contributed by atoms with E-state index in [1.54, 1.807) is 0 Å². The summed E-state index contributed by atoms with van der Waals surface area (Å²) in [5.74, 6) is -3.33. The van der Waals surface area contributed by atoms with E-state index in [0.29, 0.717) is 0 Å². The van der Waals surface area contributed by atoms with Crippen LogP contribution in [0.4, 0.5) is 30.7 Å². The van der Waals surface area contributed by atoms with Gasteiger partial charge in [-0.3, -0.25) is 0 Å². The Labute approximate surface area is 63.0 Å². The molecule has 0 aliphatic rings. The van der Waals surface area contributed by atoms with Crippen molar-refractivity contribution in [3.8, 4) is 0 Å². The molecule has 0 saturated heterocycles. The molecule has 0 spiro atoms. The second-order valence-electron chi connectivity index (χ2n) is 1.23. The molecule has 0 N–H and O–H groups in total. The minimum atomic E-state index is -5.56. The summed E-state index contributed by atoms with van der Waals surface area (Å²) in [7, 11) is 0. The first-order valence-corrected chi connectivity index (χ1v) is 2.26. The van der Waals surface area contributed by atoms with Gasteiger partial charge in [-0.15, -0.1) is 0 Å². The fourth-order valence-corrected chi connectivity index (χ4v) is 0.107. The van der Waals surface area contributed by atoms with Gasteiger partial charge in [-0.2, -0.15) is 26.3 Å². The molecule has 0 bridgehead atoms. The molecule has 0 atom stereocenters. The molecule has 0 fully saturated rings. The van der Waals surface area contributed by atoms with Gasteiger partial charge in [0.25, 0.3) is 5.83 Å². The van der Waals surface area contributed by atoms with Crippen LogP contribution in [0.5, 0.6) is 0 Å². The van der Waals surface area contributed by atoms with Crippen LogP contribution in [0.25, 0.3) is 0 Å².